The van der Waals surface area contributed by atoms with Crippen LogP contribution in [0.4, 0.5) is 0 Å². The highest BCUT2D eigenvalue weighted by atomic mass is 16.3. The zero-order valence-corrected chi connectivity index (χ0v) is 14.0. The molecule has 120 valence electrons. The third-order valence-electron chi connectivity index (χ3n) is 5.76. The van der Waals surface area contributed by atoms with Gasteiger partial charge in [0.1, 0.15) is 5.75 Å². The molecule has 2 heteroatoms. The molecule has 2 aromatic rings. The third-order valence-corrected chi connectivity index (χ3v) is 5.76. The van der Waals surface area contributed by atoms with E-state index in [2.05, 4.69) is 43.3 Å². The van der Waals surface area contributed by atoms with Crippen LogP contribution < -0.4 is 0 Å². The van der Waals surface area contributed by atoms with Crippen LogP contribution in [-0.4, -0.2) is 30.6 Å². The van der Waals surface area contributed by atoms with E-state index in [1.807, 2.05) is 12.1 Å². The molecule has 3 aliphatic rings. The van der Waals surface area contributed by atoms with Crippen LogP contribution in [-0.2, 0) is 5.41 Å². The van der Waals surface area contributed by atoms with Crippen LogP contribution in [0.3, 0.4) is 0 Å². The number of phenolic OH excluding ortho intramolecular Hbond substituents is 1. The molecule has 2 aromatic carbocycles. The van der Waals surface area contributed by atoms with Gasteiger partial charge in [-0.1, -0.05) is 35.9 Å². The Labute approximate surface area is 138 Å². The lowest BCUT2D eigenvalue weighted by molar-refractivity contribution is 0.252. The Morgan fingerprint density at radius 1 is 1.04 bits per heavy atom. The van der Waals surface area contributed by atoms with Gasteiger partial charge in [0.15, 0.2) is 0 Å². The van der Waals surface area contributed by atoms with Gasteiger partial charge in [0.25, 0.3) is 0 Å². The van der Waals surface area contributed by atoms with Gasteiger partial charge in [0, 0.05) is 12.0 Å². The lowest BCUT2D eigenvalue weighted by atomic mass is 9.59. The van der Waals surface area contributed by atoms with Crippen molar-refractivity contribution in [1.82, 2.24) is 4.90 Å². The number of rotatable bonds is 3. The molecule has 3 aliphatic carbocycles. The first-order valence-corrected chi connectivity index (χ1v) is 8.65. The van der Waals surface area contributed by atoms with Crippen molar-refractivity contribution < 1.29 is 5.11 Å². The smallest absolute Gasteiger partial charge is 0.116 e. The second-order valence-corrected chi connectivity index (χ2v) is 7.63. The Morgan fingerprint density at radius 3 is 2.48 bits per heavy atom. The first-order chi connectivity index (χ1) is 11.1. The van der Waals surface area contributed by atoms with Gasteiger partial charge in [-0.25, -0.2) is 0 Å². The molecule has 0 saturated heterocycles. The van der Waals surface area contributed by atoms with Gasteiger partial charge in [0.05, 0.1) is 0 Å². The Hall–Kier alpha value is -1.80. The summed E-state index contributed by atoms with van der Waals surface area (Å²) in [6.45, 7) is 1.09. The Balaban J connectivity index is 1.77. The summed E-state index contributed by atoms with van der Waals surface area (Å²) >= 11 is 0. The van der Waals surface area contributed by atoms with Crippen LogP contribution in [0, 0.1) is 5.92 Å². The summed E-state index contributed by atoms with van der Waals surface area (Å²) in [5, 5.41) is 12.0. The van der Waals surface area contributed by atoms with Crippen LogP contribution >= 0.6 is 0 Å². The van der Waals surface area contributed by atoms with E-state index in [0.29, 0.717) is 5.75 Å². The molecule has 0 heterocycles. The maximum Gasteiger partial charge on any atom is 0.116 e. The van der Waals surface area contributed by atoms with E-state index in [0.717, 1.165) is 17.8 Å². The molecule has 0 aromatic heterocycles. The molecular weight excluding hydrogens is 282 g/mol. The number of aromatic hydroxyl groups is 1. The summed E-state index contributed by atoms with van der Waals surface area (Å²) in [6, 6.07) is 12.4. The zero-order valence-electron chi connectivity index (χ0n) is 14.0. The highest BCUT2D eigenvalue weighted by molar-refractivity contribution is 5.84. The van der Waals surface area contributed by atoms with E-state index >= 15 is 0 Å². The minimum absolute atomic E-state index is 0.228. The third kappa shape index (κ3) is 2.55. The number of hydrogen-bond acceptors (Lipinski definition) is 2. The predicted molar refractivity (Wildman–Crippen MR) is 95.9 cm³/mol. The summed E-state index contributed by atoms with van der Waals surface area (Å²) in [6.07, 6.45) is 7.79. The van der Waals surface area contributed by atoms with Gasteiger partial charge >= 0.3 is 0 Å². The number of allylic oxidation sites excluding steroid dienone is 1. The van der Waals surface area contributed by atoms with E-state index in [4.69, 9.17) is 0 Å². The number of hydrogen-bond donors (Lipinski definition) is 1. The second-order valence-electron chi connectivity index (χ2n) is 7.63. The van der Waals surface area contributed by atoms with Gasteiger partial charge in [-0.3, -0.25) is 0 Å². The number of nitrogens with zero attached hydrogens (tertiary/aromatic N) is 1. The average molecular weight is 307 g/mol. The summed E-state index contributed by atoms with van der Waals surface area (Å²) in [5.74, 6) is 1.14. The van der Waals surface area contributed by atoms with Gasteiger partial charge in [0.2, 0.25) is 0 Å². The molecule has 0 amide bonds. The van der Waals surface area contributed by atoms with E-state index in [9.17, 15) is 5.11 Å². The van der Waals surface area contributed by atoms with Crippen molar-refractivity contribution >= 4 is 10.8 Å². The molecule has 0 aliphatic heterocycles. The highest BCUT2D eigenvalue weighted by Crippen LogP contribution is 2.50. The van der Waals surface area contributed by atoms with Crippen LogP contribution in [0.25, 0.3) is 10.8 Å². The summed E-state index contributed by atoms with van der Waals surface area (Å²) in [4.78, 5) is 2.30. The average Bonchev–Trinajstić information content (AvgIpc) is 2.55. The molecular formula is C21H25NO. The van der Waals surface area contributed by atoms with Crippen molar-refractivity contribution in [3.05, 3.63) is 53.6 Å². The topological polar surface area (TPSA) is 23.5 Å². The SMILES string of the molecule is CN(C)CC1=CC2(c3ccc4cc(O)ccc4c3)CCC1CC2. The van der Waals surface area contributed by atoms with Crippen molar-refractivity contribution in [3.63, 3.8) is 0 Å². The highest BCUT2D eigenvalue weighted by Gasteiger charge is 2.41. The Kier molecular flexibility index (Phi) is 3.46. The number of benzene rings is 2. The van der Waals surface area contributed by atoms with Crippen LogP contribution in [0.5, 0.6) is 5.75 Å². The Bertz CT molecular complexity index is 767. The Morgan fingerprint density at radius 2 is 1.74 bits per heavy atom. The molecule has 23 heavy (non-hydrogen) atoms. The maximum absolute atomic E-state index is 9.66. The number of fused-ring (bicyclic) bond motifs is 3. The standard InChI is InChI=1S/C21H25NO/c1-22(2)14-18-13-21(9-7-15(18)8-10-21)19-5-3-17-12-20(23)6-4-16(17)11-19/h3-6,11-13,15,23H,7-10,14H2,1-2H3. The minimum atomic E-state index is 0.228. The van der Waals surface area contributed by atoms with E-state index in [1.165, 1.54) is 36.6 Å². The molecule has 2 nitrogen and oxygen atoms in total. The van der Waals surface area contributed by atoms with Gasteiger partial charge < -0.3 is 10.0 Å². The fourth-order valence-corrected chi connectivity index (χ4v) is 4.58. The van der Waals surface area contributed by atoms with Crippen molar-refractivity contribution in [2.75, 3.05) is 20.6 Å². The number of phenols is 1. The monoisotopic (exact) mass is 307 g/mol. The van der Waals surface area contributed by atoms with E-state index < -0.39 is 0 Å². The van der Waals surface area contributed by atoms with Crippen molar-refractivity contribution in [1.29, 1.82) is 0 Å². The van der Waals surface area contributed by atoms with Crippen LogP contribution in [0.2, 0.25) is 0 Å². The summed E-state index contributed by atoms with van der Waals surface area (Å²) in [7, 11) is 4.33. The zero-order chi connectivity index (χ0) is 16.0. The quantitative estimate of drug-likeness (QED) is 0.845. The second kappa shape index (κ2) is 5.38. The molecule has 1 N–H and O–H groups in total. The van der Waals surface area contributed by atoms with Gasteiger partial charge in [-0.15, -0.1) is 0 Å². The normalized spacial score (nSPS) is 26.7. The molecule has 0 unspecified atom stereocenters. The van der Waals surface area contributed by atoms with Gasteiger partial charge in [-0.05, 0) is 74.2 Å². The van der Waals surface area contributed by atoms with Crippen molar-refractivity contribution in [2.24, 2.45) is 5.92 Å². The lowest BCUT2D eigenvalue weighted by Crippen LogP contribution is -2.38. The molecule has 2 bridgehead atoms. The van der Waals surface area contributed by atoms with Crippen molar-refractivity contribution in [2.45, 2.75) is 31.1 Å². The van der Waals surface area contributed by atoms with E-state index in [-0.39, 0.29) is 5.41 Å². The first kappa shape index (κ1) is 14.8. The lowest BCUT2D eigenvalue weighted by Gasteiger charge is -2.46. The molecule has 1 saturated carbocycles. The van der Waals surface area contributed by atoms with Crippen LogP contribution in [0.15, 0.2) is 48.0 Å². The summed E-state index contributed by atoms with van der Waals surface area (Å²) < 4.78 is 0. The fraction of sp³-hybridized carbons (Fsp3) is 0.429. The fourth-order valence-electron chi connectivity index (χ4n) is 4.58. The number of likely N-dealkylation sites (N-methyl/N-ethyl adjacent to an activating group) is 1. The molecule has 1 fully saturated rings. The minimum Gasteiger partial charge on any atom is -0.508 e. The summed E-state index contributed by atoms with van der Waals surface area (Å²) in [5.41, 5.74) is 3.31. The van der Waals surface area contributed by atoms with Crippen LogP contribution in [0.1, 0.15) is 31.2 Å². The van der Waals surface area contributed by atoms with Crippen molar-refractivity contribution in [3.8, 4) is 5.75 Å². The van der Waals surface area contributed by atoms with E-state index in [1.54, 1.807) is 11.6 Å². The molecule has 0 radical (unpaired) electrons. The first-order valence-electron chi connectivity index (χ1n) is 8.65. The molecule has 0 atom stereocenters. The van der Waals surface area contributed by atoms with Gasteiger partial charge in [-0.2, -0.15) is 0 Å². The predicted octanol–water partition coefficient (Wildman–Crippen LogP) is 4.48. The maximum atomic E-state index is 9.66. The molecule has 0 spiro atoms. The molecule has 5 rings (SSSR count). The largest absolute Gasteiger partial charge is 0.508 e.